The monoisotopic (exact) mass is 504 g/mol. The van der Waals surface area contributed by atoms with Crippen LogP contribution in [-0.4, -0.2) is 55.6 Å². The van der Waals surface area contributed by atoms with Crippen LogP contribution in [0.5, 0.6) is 0 Å². The molecule has 0 spiro atoms. The van der Waals surface area contributed by atoms with Crippen molar-refractivity contribution in [2.75, 3.05) is 39.6 Å². The van der Waals surface area contributed by atoms with Gasteiger partial charge >= 0.3 is 11.6 Å². The van der Waals surface area contributed by atoms with E-state index < -0.39 is 11.6 Å². The highest BCUT2D eigenvalue weighted by Crippen LogP contribution is 2.17. The summed E-state index contributed by atoms with van der Waals surface area (Å²) in [5, 5.41) is 0.650. The van der Waals surface area contributed by atoms with Crippen molar-refractivity contribution < 1.29 is 28.2 Å². The zero-order valence-electron chi connectivity index (χ0n) is 20.6. The van der Waals surface area contributed by atoms with Crippen molar-refractivity contribution in [2.45, 2.75) is 13.5 Å². The standard InChI is InChI=1S/C28H28N2O7/c1-20-6-8-29-24(16-20)25-17-21(7-9-30-25)19-35-13-12-33-10-11-34-14-15-36-27(31)23-18-22-4-2-3-5-26(22)37-28(23)32/h2-9,16-18H,10-15,19H2,1H3. The fourth-order valence-corrected chi connectivity index (χ4v) is 3.49. The quantitative estimate of drug-likeness (QED) is 0.152. The molecule has 4 rings (SSSR count). The van der Waals surface area contributed by atoms with E-state index in [2.05, 4.69) is 9.97 Å². The van der Waals surface area contributed by atoms with Crippen molar-refractivity contribution in [1.29, 1.82) is 0 Å². The van der Waals surface area contributed by atoms with Gasteiger partial charge in [-0.1, -0.05) is 18.2 Å². The van der Waals surface area contributed by atoms with Gasteiger partial charge in [0.25, 0.3) is 0 Å². The van der Waals surface area contributed by atoms with Gasteiger partial charge in [-0.15, -0.1) is 0 Å². The van der Waals surface area contributed by atoms with Crippen LogP contribution in [0.15, 0.2) is 76.2 Å². The van der Waals surface area contributed by atoms with Crippen LogP contribution in [-0.2, 0) is 25.6 Å². The van der Waals surface area contributed by atoms with Crippen LogP contribution in [0.2, 0.25) is 0 Å². The van der Waals surface area contributed by atoms with Gasteiger partial charge in [0.1, 0.15) is 17.8 Å². The highest BCUT2D eigenvalue weighted by Gasteiger charge is 2.15. The molecule has 0 aliphatic carbocycles. The van der Waals surface area contributed by atoms with E-state index in [1.54, 1.807) is 36.7 Å². The molecule has 0 N–H and O–H groups in total. The Kier molecular flexibility index (Phi) is 9.47. The molecule has 0 atom stereocenters. The number of hydrogen-bond donors (Lipinski definition) is 0. The van der Waals surface area contributed by atoms with Crippen molar-refractivity contribution in [3.63, 3.8) is 0 Å². The molecule has 0 bridgehead atoms. The Morgan fingerprint density at radius 2 is 1.49 bits per heavy atom. The number of aromatic nitrogens is 2. The van der Waals surface area contributed by atoms with Gasteiger partial charge in [-0.25, -0.2) is 9.59 Å². The number of pyridine rings is 2. The molecule has 0 aliphatic rings. The van der Waals surface area contributed by atoms with Crippen LogP contribution in [0.4, 0.5) is 0 Å². The Morgan fingerprint density at radius 1 is 0.811 bits per heavy atom. The third-order valence-electron chi connectivity index (χ3n) is 5.34. The highest BCUT2D eigenvalue weighted by atomic mass is 16.6. The SMILES string of the molecule is Cc1ccnc(-c2cc(COCCOCCOCCOC(=O)c3cc4ccccc4oc3=O)ccn2)c1. The molecular formula is C28H28N2O7. The smallest absolute Gasteiger partial charge is 0.351 e. The predicted molar refractivity (Wildman–Crippen MR) is 136 cm³/mol. The lowest BCUT2D eigenvalue weighted by atomic mass is 10.1. The Labute approximate surface area is 214 Å². The predicted octanol–water partition coefficient (Wildman–Crippen LogP) is 3.97. The molecule has 37 heavy (non-hydrogen) atoms. The third kappa shape index (κ3) is 7.78. The number of esters is 1. The Hall–Kier alpha value is -3.92. The zero-order chi connectivity index (χ0) is 25.9. The largest absolute Gasteiger partial charge is 0.459 e. The van der Waals surface area contributed by atoms with Gasteiger partial charge < -0.3 is 23.4 Å². The minimum absolute atomic E-state index is 0.0141. The summed E-state index contributed by atoms with van der Waals surface area (Å²) in [6.07, 6.45) is 3.52. The van der Waals surface area contributed by atoms with Crippen molar-refractivity contribution >= 4 is 16.9 Å². The molecule has 0 unspecified atom stereocenters. The lowest BCUT2D eigenvalue weighted by Crippen LogP contribution is -2.19. The van der Waals surface area contributed by atoms with Gasteiger partial charge in [0, 0.05) is 17.8 Å². The number of aryl methyl sites for hydroxylation is 1. The minimum Gasteiger partial charge on any atom is -0.459 e. The average Bonchev–Trinajstić information content (AvgIpc) is 2.91. The molecule has 0 amide bonds. The van der Waals surface area contributed by atoms with E-state index in [1.165, 1.54) is 6.07 Å². The summed E-state index contributed by atoms with van der Waals surface area (Å²) in [5.74, 6) is -0.743. The fourth-order valence-electron chi connectivity index (χ4n) is 3.49. The first kappa shape index (κ1) is 26.2. The molecule has 192 valence electrons. The van der Waals surface area contributed by atoms with E-state index >= 15 is 0 Å². The van der Waals surface area contributed by atoms with Crippen molar-refractivity contribution in [3.8, 4) is 11.4 Å². The first-order valence-corrected chi connectivity index (χ1v) is 11.9. The summed E-state index contributed by atoms with van der Waals surface area (Å²) in [7, 11) is 0. The molecule has 4 aromatic rings. The van der Waals surface area contributed by atoms with Gasteiger partial charge in [-0.2, -0.15) is 0 Å². The second-order valence-corrected chi connectivity index (χ2v) is 8.17. The summed E-state index contributed by atoms with van der Waals surface area (Å²) in [5.41, 5.74) is 3.33. The lowest BCUT2D eigenvalue weighted by molar-refractivity contribution is -0.00180. The maximum Gasteiger partial charge on any atom is 0.351 e. The number of fused-ring (bicyclic) bond motifs is 1. The molecule has 3 aromatic heterocycles. The molecule has 0 fully saturated rings. The molecule has 0 aliphatic heterocycles. The number of para-hydroxylation sites is 1. The second kappa shape index (κ2) is 13.4. The first-order valence-electron chi connectivity index (χ1n) is 11.9. The second-order valence-electron chi connectivity index (χ2n) is 8.17. The number of carbonyl (C=O) groups is 1. The van der Waals surface area contributed by atoms with Gasteiger partial charge in [-0.05, 0) is 54.4 Å². The van der Waals surface area contributed by atoms with Crippen LogP contribution in [0, 0.1) is 6.92 Å². The number of benzene rings is 1. The third-order valence-corrected chi connectivity index (χ3v) is 5.34. The number of nitrogens with zero attached hydrogens (tertiary/aromatic N) is 2. The van der Waals surface area contributed by atoms with Crippen molar-refractivity contribution in [3.05, 3.63) is 94.1 Å². The van der Waals surface area contributed by atoms with Crippen LogP contribution < -0.4 is 5.63 Å². The number of ether oxygens (including phenoxy) is 4. The van der Waals surface area contributed by atoms with Crippen LogP contribution in [0.25, 0.3) is 22.4 Å². The molecular weight excluding hydrogens is 476 g/mol. The summed E-state index contributed by atoms with van der Waals surface area (Å²) >= 11 is 0. The van der Waals surface area contributed by atoms with Gasteiger partial charge in [0.05, 0.1) is 51.0 Å². The minimum atomic E-state index is -0.743. The molecule has 0 saturated carbocycles. The summed E-state index contributed by atoms with van der Waals surface area (Å²) in [6.45, 7) is 4.25. The van der Waals surface area contributed by atoms with E-state index in [-0.39, 0.29) is 18.8 Å². The maximum absolute atomic E-state index is 12.2. The highest BCUT2D eigenvalue weighted by molar-refractivity contribution is 5.92. The van der Waals surface area contributed by atoms with Crippen LogP contribution in [0.1, 0.15) is 21.5 Å². The molecule has 3 heterocycles. The van der Waals surface area contributed by atoms with E-state index in [0.29, 0.717) is 44.0 Å². The van der Waals surface area contributed by atoms with Gasteiger partial charge in [-0.3, -0.25) is 9.97 Å². The van der Waals surface area contributed by atoms with Crippen LogP contribution >= 0.6 is 0 Å². The van der Waals surface area contributed by atoms with E-state index in [0.717, 1.165) is 22.5 Å². The Balaban J connectivity index is 1.05. The topological polar surface area (TPSA) is 110 Å². The van der Waals surface area contributed by atoms with E-state index in [9.17, 15) is 9.59 Å². The molecule has 0 saturated heterocycles. The van der Waals surface area contributed by atoms with Crippen LogP contribution in [0.3, 0.4) is 0 Å². The Morgan fingerprint density at radius 3 is 2.27 bits per heavy atom. The zero-order valence-corrected chi connectivity index (χ0v) is 20.6. The van der Waals surface area contributed by atoms with Crippen molar-refractivity contribution in [1.82, 2.24) is 9.97 Å². The van der Waals surface area contributed by atoms with Crippen molar-refractivity contribution in [2.24, 2.45) is 0 Å². The molecule has 0 radical (unpaired) electrons. The van der Waals surface area contributed by atoms with Gasteiger partial charge in [0.2, 0.25) is 0 Å². The molecule has 9 heteroatoms. The fraction of sp³-hybridized carbons (Fsp3) is 0.286. The molecule has 9 nitrogen and oxygen atoms in total. The lowest BCUT2D eigenvalue weighted by Gasteiger charge is -2.08. The van der Waals surface area contributed by atoms with E-state index in [1.807, 2.05) is 31.2 Å². The normalized spacial score (nSPS) is 11.1. The molecule has 1 aromatic carbocycles. The summed E-state index contributed by atoms with van der Waals surface area (Å²) in [6, 6.07) is 16.2. The number of rotatable bonds is 13. The maximum atomic E-state index is 12.2. The summed E-state index contributed by atoms with van der Waals surface area (Å²) in [4.78, 5) is 32.9. The average molecular weight is 505 g/mol. The Bertz CT molecular complexity index is 1390. The first-order chi connectivity index (χ1) is 18.1. The number of hydrogen-bond acceptors (Lipinski definition) is 9. The summed E-state index contributed by atoms with van der Waals surface area (Å²) < 4.78 is 26.8. The van der Waals surface area contributed by atoms with Gasteiger partial charge in [0.15, 0.2) is 0 Å². The number of carbonyl (C=O) groups excluding carboxylic acids is 1. The van der Waals surface area contributed by atoms with E-state index in [4.69, 9.17) is 23.4 Å².